The van der Waals surface area contributed by atoms with Crippen LogP contribution >= 0.6 is 0 Å². The first-order valence-electron chi connectivity index (χ1n) is 18.7. The van der Waals surface area contributed by atoms with Gasteiger partial charge in [0.15, 0.2) is 0 Å². The molecule has 0 fully saturated rings. The van der Waals surface area contributed by atoms with Gasteiger partial charge in [-0.25, -0.2) is 0 Å². The van der Waals surface area contributed by atoms with Gasteiger partial charge in [-0.2, -0.15) is 0 Å². The van der Waals surface area contributed by atoms with Crippen LogP contribution in [-0.4, -0.2) is 18.4 Å². The maximum atomic E-state index is 4.81. The van der Waals surface area contributed by atoms with Crippen LogP contribution in [0.5, 0.6) is 0 Å². The van der Waals surface area contributed by atoms with Crippen LogP contribution in [0, 0.1) is 0 Å². The predicted molar refractivity (Wildman–Crippen MR) is 178 cm³/mol. The first-order valence-corrected chi connectivity index (χ1v) is 18.7. The lowest BCUT2D eigenvalue weighted by molar-refractivity contribution is 0.510. The van der Waals surface area contributed by atoms with Crippen LogP contribution in [0.2, 0.25) is 0 Å². The van der Waals surface area contributed by atoms with Crippen molar-refractivity contribution in [1.82, 2.24) is 5.32 Å². The summed E-state index contributed by atoms with van der Waals surface area (Å²) in [4.78, 5) is 4.81. The smallest absolute Gasteiger partial charge is 0.0966 e. The van der Waals surface area contributed by atoms with Gasteiger partial charge in [0, 0.05) is 12.5 Å². The molecular weight excluding hydrogens is 472 g/mol. The third-order valence-corrected chi connectivity index (χ3v) is 9.05. The molecule has 0 aromatic carbocycles. The van der Waals surface area contributed by atoms with Crippen molar-refractivity contribution in [1.29, 1.82) is 0 Å². The van der Waals surface area contributed by atoms with Gasteiger partial charge in [0.05, 0.1) is 12.4 Å². The molecule has 1 rings (SSSR count). The summed E-state index contributed by atoms with van der Waals surface area (Å²) in [6.45, 7) is 5.64. The first-order chi connectivity index (χ1) is 19.4. The maximum absolute atomic E-state index is 4.81. The van der Waals surface area contributed by atoms with Gasteiger partial charge in [0.1, 0.15) is 0 Å². The predicted octanol–water partition coefficient (Wildman–Crippen LogP) is 12.9. The van der Waals surface area contributed by atoms with Gasteiger partial charge in [-0.15, -0.1) is 0 Å². The molecule has 39 heavy (non-hydrogen) atoms. The maximum Gasteiger partial charge on any atom is 0.0966 e. The van der Waals surface area contributed by atoms with Crippen molar-refractivity contribution < 1.29 is 0 Å². The minimum Gasteiger partial charge on any atom is -0.369 e. The summed E-state index contributed by atoms with van der Waals surface area (Å²) in [6.07, 6.45) is 45.8. The summed E-state index contributed by atoms with van der Waals surface area (Å²) < 4.78 is 0. The normalized spacial score (nSPS) is 15.1. The lowest BCUT2D eigenvalue weighted by Gasteiger charge is -2.11. The third-order valence-electron chi connectivity index (χ3n) is 9.05. The Balaban J connectivity index is 1.74. The monoisotopic (exact) mass is 547 g/mol. The second kappa shape index (κ2) is 30.4. The Labute approximate surface area is 247 Å². The molecule has 0 aliphatic carbocycles. The molecule has 1 unspecified atom stereocenters. The second-order valence-corrected chi connectivity index (χ2v) is 13.1. The summed E-state index contributed by atoms with van der Waals surface area (Å²) in [5.41, 5.74) is 0. The Hall–Kier alpha value is -0.530. The van der Waals surface area contributed by atoms with Gasteiger partial charge in [-0.05, 0) is 12.8 Å². The number of amidine groups is 1. The van der Waals surface area contributed by atoms with Crippen LogP contribution in [-0.2, 0) is 0 Å². The van der Waals surface area contributed by atoms with Crippen molar-refractivity contribution in [2.24, 2.45) is 4.99 Å². The summed E-state index contributed by atoms with van der Waals surface area (Å²) in [7, 11) is 0. The van der Waals surface area contributed by atoms with Crippen LogP contribution in [0.3, 0.4) is 0 Å². The molecule has 1 atom stereocenters. The molecule has 2 heteroatoms. The number of nitrogens with one attached hydrogen (secondary N) is 1. The highest BCUT2D eigenvalue weighted by molar-refractivity contribution is 5.83. The third kappa shape index (κ3) is 26.1. The molecule has 1 aliphatic heterocycles. The van der Waals surface area contributed by atoms with E-state index in [1.54, 1.807) is 0 Å². The van der Waals surface area contributed by atoms with Gasteiger partial charge < -0.3 is 5.32 Å². The zero-order valence-corrected chi connectivity index (χ0v) is 27.4. The molecule has 0 saturated carbocycles. The average Bonchev–Trinajstić information content (AvgIpc) is 3.40. The Kier molecular flexibility index (Phi) is 28.5. The SMILES string of the molecule is CCCCCCCCCCCCCCCCCC1=NCC(CCCCCCCCCCCCCCCCC)N1. The van der Waals surface area contributed by atoms with E-state index in [2.05, 4.69) is 19.2 Å². The van der Waals surface area contributed by atoms with Crippen LogP contribution in [0.15, 0.2) is 4.99 Å². The Morgan fingerprint density at radius 2 is 0.744 bits per heavy atom. The van der Waals surface area contributed by atoms with E-state index in [0.717, 1.165) is 6.54 Å². The van der Waals surface area contributed by atoms with E-state index in [1.807, 2.05) is 0 Å². The van der Waals surface area contributed by atoms with E-state index >= 15 is 0 Å². The van der Waals surface area contributed by atoms with Gasteiger partial charge >= 0.3 is 0 Å². The van der Waals surface area contributed by atoms with Crippen LogP contribution < -0.4 is 5.32 Å². The number of hydrogen-bond acceptors (Lipinski definition) is 2. The highest BCUT2D eigenvalue weighted by atomic mass is 15.1. The highest BCUT2D eigenvalue weighted by Gasteiger charge is 2.16. The molecule has 1 N–H and O–H groups in total. The van der Waals surface area contributed by atoms with Crippen molar-refractivity contribution in [2.75, 3.05) is 6.54 Å². The lowest BCUT2D eigenvalue weighted by atomic mass is 10.0. The average molecular weight is 547 g/mol. The van der Waals surface area contributed by atoms with E-state index < -0.39 is 0 Å². The number of rotatable bonds is 32. The molecule has 0 aromatic rings. The summed E-state index contributed by atoms with van der Waals surface area (Å²) in [5.74, 6) is 1.32. The minimum atomic E-state index is 0.637. The van der Waals surface area contributed by atoms with Gasteiger partial charge in [0.2, 0.25) is 0 Å². The molecule has 2 nitrogen and oxygen atoms in total. The fourth-order valence-corrected chi connectivity index (χ4v) is 6.29. The quantitative estimate of drug-likeness (QED) is 0.0833. The summed E-state index contributed by atoms with van der Waals surface area (Å²) >= 11 is 0. The molecule has 0 bridgehead atoms. The fourth-order valence-electron chi connectivity index (χ4n) is 6.29. The highest BCUT2D eigenvalue weighted by Crippen LogP contribution is 2.17. The largest absolute Gasteiger partial charge is 0.369 e. The van der Waals surface area contributed by atoms with Gasteiger partial charge in [-0.3, -0.25) is 4.99 Å². The van der Waals surface area contributed by atoms with E-state index in [9.17, 15) is 0 Å². The zero-order valence-electron chi connectivity index (χ0n) is 27.4. The van der Waals surface area contributed by atoms with E-state index in [0.29, 0.717) is 6.04 Å². The van der Waals surface area contributed by atoms with Crippen LogP contribution in [0.25, 0.3) is 0 Å². The Morgan fingerprint density at radius 3 is 1.10 bits per heavy atom. The second-order valence-electron chi connectivity index (χ2n) is 13.1. The lowest BCUT2D eigenvalue weighted by Crippen LogP contribution is -2.29. The number of unbranched alkanes of at least 4 members (excludes halogenated alkanes) is 28. The summed E-state index contributed by atoms with van der Waals surface area (Å²) in [5, 5.41) is 3.74. The molecule has 0 radical (unpaired) electrons. The number of nitrogens with zero attached hydrogens (tertiary/aromatic N) is 1. The van der Waals surface area contributed by atoms with Gasteiger partial charge in [-0.1, -0.05) is 200 Å². The molecule has 0 aromatic heterocycles. The van der Waals surface area contributed by atoms with E-state index in [1.165, 1.54) is 211 Å². The van der Waals surface area contributed by atoms with Crippen molar-refractivity contribution in [3.05, 3.63) is 0 Å². The number of aliphatic imine (C=N–C) groups is 1. The zero-order chi connectivity index (χ0) is 27.9. The Morgan fingerprint density at radius 1 is 0.436 bits per heavy atom. The van der Waals surface area contributed by atoms with Crippen molar-refractivity contribution in [3.8, 4) is 0 Å². The number of hydrogen-bond donors (Lipinski definition) is 1. The first kappa shape index (κ1) is 36.5. The van der Waals surface area contributed by atoms with Crippen LogP contribution in [0.4, 0.5) is 0 Å². The standard InChI is InChI=1S/C37H74N2/c1-3-5-7-9-11-13-15-17-19-21-23-25-27-29-31-33-36-35-38-37(39-36)34-32-30-28-26-24-22-20-18-16-14-12-10-8-6-4-2/h36H,3-35H2,1-2H3,(H,38,39). The Bertz CT molecular complexity index is 500. The molecular formula is C37H74N2. The van der Waals surface area contributed by atoms with Crippen molar-refractivity contribution in [3.63, 3.8) is 0 Å². The van der Waals surface area contributed by atoms with Gasteiger partial charge in [0.25, 0.3) is 0 Å². The topological polar surface area (TPSA) is 24.4 Å². The van der Waals surface area contributed by atoms with E-state index in [-0.39, 0.29) is 0 Å². The van der Waals surface area contributed by atoms with Crippen molar-refractivity contribution in [2.45, 2.75) is 225 Å². The minimum absolute atomic E-state index is 0.637. The molecule has 0 spiro atoms. The van der Waals surface area contributed by atoms with Crippen molar-refractivity contribution >= 4 is 5.84 Å². The molecule has 1 aliphatic rings. The van der Waals surface area contributed by atoms with Crippen LogP contribution in [0.1, 0.15) is 219 Å². The molecule has 1 heterocycles. The molecule has 0 saturated heterocycles. The fraction of sp³-hybridized carbons (Fsp3) is 0.973. The summed E-state index contributed by atoms with van der Waals surface area (Å²) in [6, 6.07) is 0.637. The molecule has 232 valence electrons. The molecule has 0 amide bonds. The van der Waals surface area contributed by atoms with E-state index in [4.69, 9.17) is 4.99 Å².